The highest BCUT2D eigenvalue weighted by Gasteiger charge is 2.32. The van der Waals surface area contributed by atoms with Gasteiger partial charge in [-0.25, -0.2) is 4.98 Å². The average Bonchev–Trinajstić information content (AvgIpc) is 3.35. The van der Waals surface area contributed by atoms with E-state index in [0.717, 1.165) is 5.56 Å². The summed E-state index contributed by atoms with van der Waals surface area (Å²) in [6.07, 6.45) is 3.69. The first kappa shape index (κ1) is 28.3. The third-order valence-electron chi connectivity index (χ3n) is 5.86. The molecule has 12 nitrogen and oxygen atoms in total. The van der Waals surface area contributed by atoms with Crippen LogP contribution in [0.3, 0.4) is 0 Å². The Labute approximate surface area is 209 Å². The quantitative estimate of drug-likeness (QED) is 0.196. The van der Waals surface area contributed by atoms with Crippen LogP contribution in [0.5, 0.6) is 5.75 Å². The number of nitrogens with two attached hydrogens (primary N) is 1. The minimum Gasteiger partial charge on any atom is -0.508 e. The molecule has 5 unspecified atom stereocenters. The van der Waals surface area contributed by atoms with Gasteiger partial charge >= 0.3 is 5.97 Å². The summed E-state index contributed by atoms with van der Waals surface area (Å²) in [7, 11) is 0. The molecule has 0 bridgehead atoms. The van der Waals surface area contributed by atoms with E-state index in [1.165, 1.54) is 31.6 Å². The summed E-state index contributed by atoms with van der Waals surface area (Å²) in [6.45, 7) is 4.95. The van der Waals surface area contributed by atoms with Crippen molar-refractivity contribution in [3.05, 3.63) is 48.0 Å². The summed E-state index contributed by atoms with van der Waals surface area (Å²) in [4.78, 5) is 56.8. The van der Waals surface area contributed by atoms with Crippen molar-refractivity contribution in [1.82, 2.24) is 25.9 Å². The van der Waals surface area contributed by atoms with Crippen molar-refractivity contribution >= 4 is 23.7 Å². The number of hydrogen-bond acceptors (Lipinski definition) is 7. The summed E-state index contributed by atoms with van der Waals surface area (Å²) >= 11 is 0. The Kier molecular flexibility index (Phi) is 10.4. The molecule has 0 saturated heterocycles. The Balaban J connectivity index is 2.14. The highest BCUT2D eigenvalue weighted by molar-refractivity contribution is 5.94. The molecule has 0 aliphatic rings. The number of hydrogen-bond donors (Lipinski definition) is 7. The predicted octanol–water partition coefficient (Wildman–Crippen LogP) is -0.167. The van der Waals surface area contributed by atoms with Crippen LogP contribution in [0.2, 0.25) is 0 Å². The van der Waals surface area contributed by atoms with E-state index in [9.17, 15) is 24.3 Å². The van der Waals surface area contributed by atoms with Crippen molar-refractivity contribution < 1.29 is 29.4 Å². The number of carboxylic acid groups (broad SMARTS) is 1. The molecule has 36 heavy (non-hydrogen) atoms. The molecule has 1 heterocycles. The number of aliphatic carboxylic acids is 1. The van der Waals surface area contributed by atoms with Crippen LogP contribution in [0.15, 0.2) is 36.8 Å². The molecule has 12 heteroatoms. The molecule has 1 aromatic heterocycles. The molecule has 1 aromatic carbocycles. The van der Waals surface area contributed by atoms with E-state index in [1.54, 1.807) is 19.1 Å². The fourth-order valence-electron chi connectivity index (χ4n) is 3.40. The zero-order valence-electron chi connectivity index (χ0n) is 20.5. The minimum absolute atomic E-state index is 0.0332. The van der Waals surface area contributed by atoms with Crippen molar-refractivity contribution in [2.24, 2.45) is 11.7 Å². The van der Waals surface area contributed by atoms with E-state index in [2.05, 4.69) is 25.9 Å². The fourth-order valence-corrected chi connectivity index (χ4v) is 3.40. The number of aromatic nitrogens is 2. The van der Waals surface area contributed by atoms with Crippen molar-refractivity contribution in [2.75, 3.05) is 0 Å². The summed E-state index contributed by atoms with van der Waals surface area (Å²) in [5.74, 6) is -3.25. The lowest BCUT2D eigenvalue weighted by Gasteiger charge is -2.27. The Morgan fingerprint density at radius 3 is 2.22 bits per heavy atom. The molecule has 3 amide bonds. The third-order valence-corrected chi connectivity index (χ3v) is 5.86. The Morgan fingerprint density at radius 1 is 1.00 bits per heavy atom. The van der Waals surface area contributed by atoms with Crippen LogP contribution in [0.4, 0.5) is 0 Å². The number of carbonyl (C=O) groups is 4. The van der Waals surface area contributed by atoms with Gasteiger partial charge in [0.25, 0.3) is 0 Å². The average molecular weight is 503 g/mol. The topological polar surface area (TPSA) is 200 Å². The van der Waals surface area contributed by atoms with Gasteiger partial charge in [-0.1, -0.05) is 32.4 Å². The molecule has 196 valence electrons. The van der Waals surface area contributed by atoms with Crippen molar-refractivity contribution in [2.45, 2.75) is 64.2 Å². The second kappa shape index (κ2) is 13.2. The summed E-state index contributed by atoms with van der Waals surface area (Å²) < 4.78 is 0. The van der Waals surface area contributed by atoms with E-state index < -0.39 is 47.9 Å². The second-order valence-corrected chi connectivity index (χ2v) is 8.76. The van der Waals surface area contributed by atoms with E-state index in [4.69, 9.17) is 10.8 Å². The normalized spacial score (nSPS) is 15.1. The molecule has 5 atom stereocenters. The summed E-state index contributed by atoms with van der Waals surface area (Å²) in [5.41, 5.74) is 7.36. The number of aromatic amines is 1. The van der Waals surface area contributed by atoms with Gasteiger partial charge < -0.3 is 36.9 Å². The maximum absolute atomic E-state index is 13.2. The number of nitrogens with zero attached hydrogens (tertiary/aromatic N) is 1. The van der Waals surface area contributed by atoms with Crippen LogP contribution in [-0.4, -0.2) is 68.0 Å². The number of amides is 3. The molecule has 0 radical (unpaired) electrons. The fraction of sp³-hybridized carbons (Fsp3) is 0.458. The number of imidazole rings is 1. The van der Waals surface area contributed by atoms with Gasteiger partial charge in [-0.3, -0.25) is 19.2 Å². The lowest BCUT2D eigenvalue weighted by Crippen LogP contribution is -2.59. The zero-order chi connectivity index (χ0) is 26.8. The van der Waals surface area contributed by atoms with Crippen LogP contribution >= 0.6 is 0 Å². The van der Waals surface area contributed by atoms with Gasteiger partial charge in [-0.05, 0) is 37.0 Å². The highest BCUT2D eigenvalue weighted by atomic mass is 16.4. The van der Waals surface area contributed by atoms with Gasteiger partial charge in [0, 0.05) is 18.3 Å². The van der Waals surface area contributed by atoms with E-state index in [-0.39, 0.29) is 24.5 Å². The Hall–Kier alpha value is -3.93. The van der Waals surface area contributed by atoms with Gasteiger partial charge in [-0.15, -0.1) is 0 Å². The monoisotopic (exact) mass is 502 g/mol. The van der Waals surface area contributed by atoms with Crippen LogP contribution in [0.1, 0.15) is 38.4 Å². The predicted molar refractivity (Wildman–Crippen MR) is 131 cm³/mol. The molecule has 2 rings (SSSR count). The number of benzene rings is 1. The van der Waals surface area contributed by atoms with Crippen LogP contribution in [-0.2, 0) is 32.0 Å². The molecular formula is C24H34N6O6. The molecule has 8 N–H and O–H groups in total. The molecular weight excluding hydrogens is 468 g/mol. The standard InChI is InChI=1S/C24H34N6O6/c1-4-13(2)20(30-21(32)18(25)9-15-5-7-17(31)8-6-15)23(34)29-19(10-16-11-26-12-27-16)22(33)28-14(3)24(35)36/h5-8,11-14,18-20,31H,4,9-10,25H2,1-3H3,(H,26,27)(H,28,33)(H,29,34)(H,30,32)(H,35,36). The van der Waals surface area contributed by atoms with Crippen LogP contribution < -0.4 is 21.7 Å². The number of carbonyl (C=O) groups excluding carboxylic acids is 3. The van der Waals surface area contributed by atoms with Gasteiger partial charge in [-0.2, -0.15) is 0 Å². The SMILES string of the molecule is CCC(C)C(NC(=O)C(N)Cc1ccc(O)cc1)C(=O)NC(Cc1cnc[nH]1)C(=O)NC(C)C(=O)O. The first-order valence-electron chi connectivity index (χ1n) is 11.7. The zero-order valence-corrected chi connectivity index (χ0v) is 20.5. The van der Waals surface area contributed by atoms with Crippen molar-refractivity contribution in [3.63, 3.8) is 0 Å². The largest absolute Gasteiger partial charge is 0.508 e. The van der Waals surface area contributed by atoms with E-state index in [0.29, 0.717) is 12.1 Å². The van der Waals surface area contributed by atoms with Gasteiger partial charge in [0.15, 0.2) is 0 Å². The first-order valence-corrected chi connectivity index (χ1v) is 11.7. The molecule has 0 spiro atoms. The molecule has 0 fully saturated rings. The maximum atomic E-state index is 13.2. The number of rotatable bonds is 13. The summed E-state index contributed by atoms with van der Waals surface area (Å²) in [5, 5.41) is 26.2. The number of phenols is 1. The Bertz CT molecular complexity index is 1030. The second-order valence-electron chi connectivity index (χ2n) is 8.76. The highest BCUT2D eigenvalue weighted by Crippen LogP contribution is 2.13. The van der Waals surface area contributed by atoms with Gasteiger partial charge in [0.1, 0.15) is 23.9 Å². The lowest BCUT2D eigenvalue weighted by molar-refractivity contribution is -0.141. The van der Waals surface area contributed by atoms with Gasteiger partial charge in [0.05, 0.1) is 12.4 Å². The van der Waals surface area contributed by atoms with Crippen molar-refractivity contribution in [3.8, 4) is 5.75 Å². The number of phenolic OH excluding ortho intramolecular Hbond substituents is 1. The summed E-state index contributed by atoms with van der Waals surface area (Å²) in [6, 6.07) is 2.07. The van der Waals surface area contributed by atoms with E-state index in [1.807, 2.05) is 6.92 Å². The lowest BCUT2D eigenvalue weighted by atomic mass is 9.96. The third kappa shape index (κ3) is 8.38. The van der Waals surface area contributed by atoms with Crippen LogP contribution in [0, 0.1) is 5.92 Å². The number of nitrogens with one attached hydrogen (secondary N) is 4. The first-order chi connectivity index (χ1) is 17.0. The number of carboxylic acids is 1. The smallest absolute Gasteiger partial charge is 0.325 e. The van der Waals surface area contributed by atoms with Gasteiger partial charge in [0.2, 0.25) is 17.7 Å². The minimum atomic E-state index is -1.22. The van der Waals surface area contributed by atoms with E-state index >= 15 is 0 Å². The van der Waals surface area contributed by atoms with Crippen molar-refractivity contribution in [1.29, 1.82) is 0 Å². The number of H-pyrrole nitrogens is 1. The van der Waals surface area contributed by atoms with Crippen LogP contribution in [0.25, 0.3) is 0 Å². The Morgan fingerprint density at radius 2 is 1.67 bits per heavy atom. The maximum Gasteiger partial charge on any atom is 0.325 e. The number of aromatic hydroxyl groups is 1. The molecule has 0 saturated carbocycles. The molecule has 0 aliphatic carbocycles. The molecule has 2 aromatic rings. The molecule has 0 aliphatic heterocycles.